The molecule has 1 aliphatic carbocycles. The van der Waals surface area contributed by atoms with Gasteiger partial charge in [-0.2, -0.15) is 5.26 Å². The van der Waals surface area contributed by atoms with Crippen LogP contribution in [0.4, 0.5) is 0 Å². The third kappa shape index (κ3) is 2.22. The Morgan fingerprint density at radius 2 is 1.92 bits per heavy atom. The lowest BCUT2D eigenvalue weighted by atomic mass is 9.78. The van der Waals surface area contributed by atoms with Gasteiger partial charge in [0.1, 0.15) is 0 Å². The Morgan fingerprint density at radius 1 is 1.23 bits per heavy atom. The van der Waals surface area contributed by atoms with E-state index < -0.39 is 0 Å². The highest BCUT2D eigenvalue weighted by Crippen LogP contribution is 2.34. The quantitative estimate of drug-likeness (QED) is 0.647. The zero-order chi connectivity index (χ0) is 9.10. The van der Waals surface area contributed by atoms with Gasteiger partial charge < -0.3 is 4.90 Å². The number of rotatable bonds is 2. The van der Waals surface area contributed by atoms with E-state index in [1.165, 1.54) is 38.8 Å². The van der Waals surface area contributed by atoms with Crippen molar-refractivity contribution in [2.45, 2.75) is 32.1 Å². The molecule has 2 rings (SSSR count). The molecule has 72 valence electrons. The van der Waals surface area contributed by atoms with Gasteiger partial charge in [-0.05, 0) is 31.1 Å². The fourth-order valence-electron chi connectivity index (χ4n) is 2.93. The van der Waals surface area contributed by atoms with Crippen molar-refractivity contribution in [1.82, 2.24) is 4.90 Å². The van der Waals surface area contributed by atoms with E-state index >= 15 is 0 Å². The van der Waals surface area contributed by atoms with Crippen LogP contribution in [0.3, 0.4) is 0 Å². The number of nitriles is 1. The van der Waals surface area contributed by atoms with Crippen LogP contribution in [0.5, 0.6) is 0 Å². The summed E-state index contributed by atoms with van der Waals surface area (Å²) in [4.78, 5) is 2.50. The van der Waals surface area contributed by atoms with Crippen molar-refractivity contribution < 1.29 is 0 Å². The van der Waals surface area contributed by atoms with Gasteiger partial charge in [-0.25, -0.2) is 0 Å². The van der Waals surface area contributed by atoms with Crippen molar-refractivity contribution in [2.24, 2.45) is 11.8 Å². The molecule has 0 aromatic rings. The van der Waals surface area contributed by atoms with Crippen LogP contribution >= 0.6 is 0 Å². The van der Waals surface area contributed by atoms with Crippen LogP contribution in [0, 0.1) is 23.2 Å². The minimum Gasteiger partial charge on any atom is -0.302 e. The van der Waals surface area contributed by atoms with Crippen molar-refractivity contribution in [3.05, 3.63) is 0 Å². The average Bonchev–Trinajstić information content (AvgIpc) is 2.14. The molecule has 0 radical (unpaired) electrons. The summed E-state index contributed by atoms with van der Waals surface area (Å²) in [6.07, 6.45) is 6.48. The van der Waals surface area contributed by atoms with E-state index in [2.05, 4.69) is 11.0 Å². The molecule has 1 heterocycles. The van der Waals surface area contributed by atoms with Crippen molar-refractivity contribution in [3.8, 4) is 6.07 Å². The van der Waals surface area contributed by atoms with E-state index in [0.29, 0.717) is 6.42 Å². The van der Waals surface area contributed by atoms with E-state index in [1.54, 1.807) is 0 Å². The van der Waals surface area contributed by atoms with Gasteiger partial charge in [-0.15, -0.1) is 0 Å². The first-order valence-electron chi connectivity index (χ1n) is 5.48. The number of fused-ring (bicyclic) bond motifs is 2. The summed E-state index contributed by atoms with van der Waals surface area (Å²) in [5.74, 6) is 1.90. The second-order valence-corrected chi connectivity index (χ2v) is 4.57. The molecule has 2 atom stereocenters. The number of nitrogens with zero attached hydrogens (tertiary/aromatic N) is 2. The molecular formula is C11H18N2. The van der Waals surface area contributed by atoms with Crippen LogP contribution in [0.2, 0.25) is 0 Å². The van der Waals surface area contributed by atoms with E-state index in [9.17, 15) is 0 Å². The fourth-order valence-corrected chi connectivity index (χ4v) is 2.93. The summed E-state index contributed by atoms with van der Waals surface area (Å²) in [5.41, 5.74) is 0. The molecule has 0 aromatic heterocycles. The molecule has 1 saturated heterocycles. The topological polar surface area (TPSA) is 27.0 Å². The average molecular weight is 178 g/mol. The van der Waals surface area contributed by atoms with Crippen LogP contribution in [-0.2, 0) is 0 Å². The van der Waals surface area contributed by atoms with Crippen molar-refractivity contribution in [2.75, 3.05) is 19.6 Å². The summed E-state index contributed by atoms with van der Waals surface area (Å²) >= 11 is 0. The smallest absolute Gasteiger partial charge is 0.0635 e. The Bertz CT molecular complexity index is 195. The van der Waals surface area contributed by atoms with Gasteiger partial charge in [-0.1, -0.05) is 6.42 Å². The molecule has 0 unspecified atom stereocenters. The molecule has 1 saturated carbocycles. The van der Waals surface area contributed by atoms with Gasteiger partial charge in [0.25, 0.3) is 0 Å². The lowest BCUT2D eigenvalue weighted by Crippen LogP contribution is -2.42. The minimum atomic E-state index is 0.708. The summed E-state index contributed by atoms with van der Waals surface area (Å²) in [5, 5.41) is 8.52. The summed E-state index contributed by atoms with van der Waals surface area (Å²) in [6.45, 7) is 3.53. The number of likely N-dealkylation sites (tertiary alicyclic amines) is 1. The third-order valence-electron chi connectivity index (χ3n) is 3.46. The minimum absolute atomic E-state index is 0.708. The fraction of sp³-hybridized carbons (Fsp3) is 0.909. The largest absolute Gasteiger partial charge is 0.302 e. The first-order valence-corrected chi connectivity index (χ1v) is 5.48. The van der Waals surface area contributed by atoms with Crippen molar-refractivity contribution in [1.29, 1.82) is 5.26 Å². The van der Waals surface area contributed by atoms with Crippen LogP contribution in [-0.4, -0.2) is 24.5 Å². The number of hydrogen-bond acceptors (Lipinski definition) is 2. The lowest BCUT2D eigenvalue weighted by Gasteiger charge is -2.41. The molecule has 2 aliphatic rings. The van der Waals surface area contributed by atoms with Gasteiger partial charge in [0.2, 0.25) is 0 Å². The molecular weight excluding hydrogens is 160 g/mol. The zero-order valence-corrected chi connectivity index (χ0v) is 8.21. The molecule has 2 bridgehead atoms. The normalized spacial score (nSPS) is 34.1. The molecule has 13 heavy (non-hydrogen) atoms. The predicted octanol–water partition coefficient (Wildman–Crippen LogP) is 2.02. The first kappa shape index (κ1) is 9.02. The van der Waals surface area contributed by atoms with Gasteiger partial charge >= 0.3 is 0 Å². The van der Waals surface area contributed by atoms with Crippen molar-refractivity contribution in [3.63, 3.8) is 0 Å². The van der Waals surface area contributed by atoms with Gasteiger partial charge in [0.05, 0.1) is 6.07 Å². The number of hydrogen-bond donors (Lipinski definition) is 0. The Kier molecular flexibility index (Phi) is 2.85. The molecule has 0 N–H and O–H groups in total. The molecule has 0 aromatic carbocycles. The summed E-state index contributed by atoms with van der Waals surface area (Å²) in [7, 11) is 0. The maximum absolute atomic E-state index is 8.52. The molecule has 2 nitrogen and oxygen atoms in total. The second-order valence-electron chi connectivity index (χ2n) is 4.57. The highest BCUT2D eigenvalue weighted by atomic mass is 15.1. The molecule has 0 spiro atoms. The zero-order valence-electron chi connectivity index (χ0n) is 8.21. The maximum Gasteiger partial charge on any atom is 0.0635 e. The number of piperidine rings is 1. The summed E-state index contributed by atoms with van der Waals surface area (Å²) < 4.78 is 0. The van der Waals surface area contributed by atoms with Crippen LogP contribution in [0.15, 0.2) is 0 Å². The Balaban J connectivity index is 1.84. The lowest BCUT2D eigenvalue weighted by molar-refractivity contribution is 0.0880. The van der Waals surface area contributed by atoms with Gasteiger partial charge in [0.15, 0.2) is 0 Å². The van der Waals surface area contributed by atoms with Crippen molar-refractivity contribution >= 4 is 0 Å². The predicted molar refractivity (Wildman–Crippen MR) is 52.1 cm³/mol. The Labute approximate surface area is 80.5 Å². The molecule has 0 amide bonds. The highest BCUT2D eigenvalue weighted by Gasteiger charge is 2.29. The molecule has 1 aliphatic heterocycles. The van der Waals surface area contributed by atoms with E-state index in [0.717, 1.165) is 18.4 Å². The monoisotopic (exact) mass is 178 g/mol. The second kappa shape index (κ2) is 4.11. The van der Waals surface area contributed by atoms with Gasteiger partial charge in [-0.3, -0.25) is 0 Å². The van der Waals surface area contributed by atoms with E-state index in [4.69, 9.17) is 5.26 Å². The molecule has 2 heteroatoms. The summed E-state index contributed by atoms with van der Waals surface area (Å²) in [6, 6.07) is 2.24. The van der Waals surface area contributed by atoms with Crippen LogP contribution < -0.4 is 0 Å². The Morgan fingerprint density at radius 3 is 2.54 bits per heavy atom. The van der Waals surface area contributed by atoms with E-state index in [1.807, 2.05) is 0 Å². The highest BCUT2D eigenvalue weighted by molar-refractivity contribution is 4.84. The first-order chi connectivity index (χ1) is 6.38. The van der Waals surface area contributed by atoms with E-state index in [-0.39, 0.29) is 0 Å². The van der Waals surface area contributed by atoms with Crippen LogP contribution in [0.25, 0.3) is 0 Å². The van der Waals surface area contributed by atoms with Crippen LogP contribution in [0.1, 0.15) is 32.1 Å². The standard InChI is InChI=1S/C11H18N2/c12-5-2-6-13-8-10-3-1-4-11(7-10)9-13/h10-11H,1-4,6-9H2/t10-,11+. The van der Waals surface area contributed by atoms with Gasteiger partial charge in [0, 0.05) is 26.1 Å². The third-order valence-corrected chi connectivity index (χ3v) is 3.46. The molecule has 2 fully saturated rings. The maximum atomic E-state index is 8.52. The SMILES string of the molecule is N#CCCN1C[C@@H]2CCC[C@@H](C2)C1. The Hall–Kier alpha value is -0.550.